The lowest BCUT2D eigenvalue weighted by molar-refractivity contribution is -0.146. The Labute approximate surface area is 175 Å². The van der Waals surface area contributed by atoms with Crippen LogP contribution in [-0.4, -0.2) is 46.1 Å². The Bertz CT molecular complexity index is 887. The molecule has 1 unspecified atom stereocenters. The first-order valence-corrected chi connectivity index (χ1v) is 10.1. The number of carbonyl (C=O) groups excluding carboxylic acids is 2. The standard InChI is InChI=1S/C22H24N2O4S/c25-20(26)13-24-12-17-9-5-4-8-16(17)11-19(22(24)28)23-21(27)18(14-29)10-15-6-2-1-3-7-15/h1-9,18-19,29H,10-14H2,(H,23,27)(H,25,26)/t18?,19-/m0/s1. The van der Waals surface area contributed by atoms with Gasteiger partial charge < -0.3 is 15.3 Å². The molecule has 2 aromatic carbocycles. The van der Waals surface area contributed by atoms with Crippen LogP contribution in [0.15, 0.2) is 54.6 Å². The molecule has 0 aliphatic carbocycles. The molecule has 0 saturated heterocycles. The summed E-state index contributed by atoms with van der Waals surface area (Å²) in [5.74, 6) is -1.76. The molecule has 2 N–H and O–H groups in total. The first-order valence-electron chi connectivity index (χ1n) is 9.50. The van der Waals surface area contributed by atoms with Gasteiger partial charge in [-0.3, -0.25) is 14.4 Å². The number of hydrogen-bond donors (Lipinski definition) is 3. The van der Waals surface area contributed by atoms with E-state index in [4.69, 9.17) is 0 Å². The Kier molecular flexibility index (Phi) is 6.93. The van der Waals surface area contributed by atoms with Gasteiger partial charge in [0.1, 0.15) is 12.6 Å². The molecule has 7 heteroatoms. The lowest BCUT2D eigenvalue weighted by Gasteiger charge is -2.25. The molecule has 0 fully saturated rings. The Morgan fingerprint density at radius 2 is 1.76 bits per heavy atom. The fourth-order valence-corrected chi connectivity index (χ4v) is 3.86. The van der Waals surface area contributed by atoms with Crippen LogP contribution in [0.25, 0.3) is 0 Å². The molecule has 2 amide bonds. The molecular formula is C22H24N2O4S. The second-order valence-corrected chi connectivity index (χ2v) is 7.56. The summed E-state index contributed by atoms with van der Waals surface area (Å²) in [5.41, 5.74) is 2.85. The minimum atomic E-state index is -1.08. The van der Waals surface area contributed by atoms with Crippen LogP contribution in [0, 0.1) is 5.92 Å². The molecule has 1 heterocycles. The van der Waals surface area contributed by atoms with Crippen molar-refractivity contribution < 1.29 is 19.5 Å². The van der Waals surface area contributed by atoms with Crippen molar-refractivity contribution in [3.8, 4) is 0 Å². The van der Waals surface area contributed by atoms with Crippen LogP contribution in [0.3, 0.4) is 0 Å². The van der Waals surface area contributed by atoms with Gasteiger partial charge in [0.2, 0.25) is 11.8 Å². The van der Waals surface area contributed by atoms with Gasteiger partial charge in [0.15, 0.2) is 0 Å². The van der Waals surface area contributed by atoms with Crippen LogP contribution >= 0.6 is 12.6 Å². The van der Waals surface area contributed by atoms with Crippen molar-refractivity contribution in [1.82, 2.24) is 10.2 Å². The van der Waals surface area contributed by atoms with E-state index in [0.717, 1.165) is 16.7 Å². The second-order valence-electron chi connectivity index (χ2n) is 7.19. The molecule has 0 bridgehead atoms. The number of carbonyl (C=O) groups is 3. The number of nitrogens with zero attached hydrogens (tertiary/aromatic N) is 1. The third-order valence-corrected chi connectivity index (χ3v) is 5.51. The highest BCUT2D eigenvalue weighted by atomic mass is 32.1. The molecule has 6 nitrogen and oxygen atoms in total. The minimum Gasteiger partial charge on any atom is -0.480 e. The molecule has 1 aliphatic rings. The van der Waals surface area contributed by atoms with E-state index in [9.17, 15) is 19.5 Å². The summed E-state index contributed by atoms with van der Waals surface area (Å²) < 4.78 is 0. The quantitative estimate of drug-likeness (QED) is 0.607. The summed E-state index contributed by atoms with van der Waals surface area (Å²) in [6, 6.07) is 16.4. The number of carboxylic acids is 1. The molecule has 2 atom stereocenters. The molecule has 152 valence electrons. The lowest BCUT2D eigenvalue weighted by Crippen LogP contribution is -2.51. The van der Waals surface area contributed by atoms with Crippen LogP contribution in [0.5, 0.6) is 0 Å². The number of benzene rings is 2. The predicted molar refractivity (Wildman–Crippen MR) is 113 cm³/mol. The lowest BCUT2D eigenvalue weighted by atomic mass is 9.98. The van der Waals surface area contributed by atoms with Gasteiger partial charge in [-0.25, -0.2) is 0 Å². The Balaban J connectivity index is 1.78. The summed E-state index contributed by atoms with van der Waals surface area (Å²) >= 11 is 4.32. The van der Waals surface area contributed by atoms with Crippen LogP contribution in [0.1, 0.15) is 16.7 Å². The predicted octanol–water partition coefficient (Wildman–Crippen LogP) is 1.93. The van der Waals surface area contributed by atoms with E-state index >= 15 is 0 Å². The van der Waals surface area contributed by atoms with E-state index in [1.165, 1.54) is 4.90 Å². The third kappa shape index (κ3) is 5.38. The average Bonchev–Trinajstić information content (AvgIpc) is 2.83. The van der Waals surface area contributed by atoms with Crippen molar-refractivity contribution in [1.29, 1.82) is 0 Å². The van der Waals surface area contributed by atoms with Gasteiger partial charge in [-0.15, -0.1) is 0 Å². The second kappa shape index (κ2) is 9.60. The van der Waals surface area contributed by atoms with Crippen LogP contribution in [0.4, 0.5) is 0 Å². The maximum Gasteiger partial charge on any atom is 0.323 e. The van der Waals surface area contributed by atoms with Crippen LogP contribution < -0.4 is 5.32 Å². The first-order chi connectivity index (χ1) is 14.0. The summed E-state index contributed by atoms with van der Waals surface area (Å²) in [6.07, 6.45) is 0.855. The van der Waals surface area contributed by atoms with Gasteiger partial charge in [0.05, 0.1) is 5.92 Å². The van der Waals surface area contributed by atoms with Crippen molar-refractivity contribution in [2.24, 2.45) is 5.92 Å². The zero-order valence-electron chi connectivity index (χ0n) is 16.0. The van der Waals surface area contributed by atoms with E-state index in [1.807, 2.05) is 54.6 Å². The molecule has 3 rings (SSSR count). The monoisotopic (exact) mass is 412 g/mol. The SMILES string of the molecule is O=C(O)CN1Cc2ccccc2C[C@H](NC(=O)C(CS)Cc2ccccc2)C1=O. The van der Waals surface area contributed by atoms with E-state index in [2.05, 4.69) is 17.9 Å². The maximum absolute atomic E-state index is 13.0. The number of thiol groups is 1. The van der Waals surface area contributed by atoms with Crippen molar-refractivity contribution in [3.63, 3.8) is 0 Å². The Morgan fingerprint density at radius 1 is 1.10 bits per heavy atom. The van der Waals surface area contributed by atoms with Crippen molar-refractivity contribution in [2.75, 3.05) is 12.3 Å². The highest BCUT2D eigenvalue weighted by Gasteiger charge is 2.33. The summed E-state index contributed by atoms with van der Waals surface area (Å²) in [7, 11) is 0. The zero-order valence-corrected chi connectivity index (χ0v) is 16.8. The van der Waals surface area contributed by atoms with E-state index in [0.29, 0.717) is 18.6 Å². The normalized spacial score (nSPS) is 17.2. The summed E-state index contributed by atoms with van der Waals surface area (Å²) in [6.45, 7) is -0.187. The number of amides is 2. The first kappa shape index (κ1) is 20.9. The number of aliphatic carboxylic acids is 1. The van der Waals surface area contributed by atoms with Crippen LogP contribution in [0.2, 0.25) is 0 Å². The highest BCUT2D eigenvalue weighted by molar-refractivity contribution is 7.80. The van der Waals surface area contributed by atoms with Gasteiger partial charge in [-0.2, -0.15) is 12.6 Å². The van der Waals surface area contributed by atoms with Crippen molar-refractivity contribution in [3.05, 3.63) is 71.3 Å². The molecule has 29 heavy (non-hydrogen) atoms. The fourth-order valence-electron chi connectivity index (χ4n) is 3.56. The zero-order chi connectivity index (χ0) is 20.8. The Hall–Kier alpha value is -2.80. The summed E-state index contributed by atoms with van der Waals surface area (Å²) in [5, 5.41) is 12.0. The third-order valence-electron chi connectivity index (χ3n) is 5.07. The number of carboxylic acid groups (broad SMARTS) is 1. The number of fused-ring (bicyclic) bond motifs is 1. The molecule has 0 saturated carbocycles. The molecular weight excluding hydrogens is 388 g/mol. The number of hydrogen-bond acceptors (Lipinski definition) is 4. The molecule has 0 radical (unpaired) electrons. The minimum absolute atomic E-state index is 0.216. The van der Waals surface area contributed by atoms with Gasteiger partial charge in [-0.05, 0) is 23.1 Å². The number of rotatable bonds is 7. The molecule has 2 aromatic rings. The van der Waals surface area contributed by atoms with Gasteiger partial charge in [0, 0.05) is 18.7 Å². The van der Waals surface area contributed by atoms with Gasteiger partial charge >= 0.3 is 5.97 Å². The highest BCUT2D eigenvalue weighted by Crippen LogP contribution is 2.20. The van der Waals surface area contributed by atoms with E-state index < -0.39 is 18.6 Å². The molecule has 0 spiro atoms. The van der Waals surface area contributed by atoms with Gasteiger partial charge in [0.25, 0.3) is 0 Å². The maximum atomic E-state index is 13.0. The topological polar surface area (TPSA) is 86.7 Å². The molecule has 1 aliphatic heterocycles. The molecule has 0 aromatic heterocycles. The average molecular weight is 413 g/mol. The van der Waals surface area contributed by atoms with E-state index in [-0.39, 0.29) is 24.3 Å². The smallest absolute Gasteiger partial charge is 0.323 e. The largest absolute Gasteiger partial charge is 0.480 e. The van der Waals surface area contributed by atoms with Gasteiger partial charge in [-0.1, -0.05) is 54.6 Å². The number of nitrogens with one attached hydrogen (secondary N) is 1. The Morgan fingerprint density at radius 3 is 2.41 bits per heavy atom. The van der Waals surface area contributed by atoms with E-state index in [1.54, 1.807) is 0 Å². The van der Waals surface area contributed by atoms with Crippen molar-refractivity contribution in [2.45, 2.75) is 25.4 Å². The summed E-state index contributed by atoms with van der Waals surface area (Å²) in [4.78, 5) is 38.4. The fraction of sp³-hybridized carbons (Fsp3) is 0.318. The van der Waals surface area contributed by atoms with Crippen molar-refractivity contribution >= 4 is 30.4 Å². The van der Waals surface area contributed by atoms with Crippen LogP contribution in [-0.2, 0) is 33.8 Å².